The molecule has 0 aliphatic carbocycles. The van der Waals surface area contributed by atoms with Crippen LogP contribution in [0.2, 0.25) is 0 Å². The predicted molar refractivity (Wildman–Crippen MR) is 57.2 cm³/mol. The van der Waals surface area contributed by atoms with Crippen LogP contribution in [-0.2, 0) is 21.5 Å². The highest BCUT2D eigenvalue weighted by molar-refractivity contribution is 7.87. The second-order valence-electron chi connectivity index (χ2n) is 3.75. The topological polar surface area (TPSA) is 91.1 Å². The van der Waals surface area contributed by atoms with E-state index < -0.39 is 22.2 Å². The van der Waals surface area contributed by atoms with E-state index in [0.29, 0.717) is 5.76 Å². The second kappa shape index (κ2) is 4.13. The van der Waals surface area contributed by atoms with Crippen molar-refractivity contribution in [3.63, 3.8) is 0 Å². The molecule has 2 heterocycles. The molecule has 0 spiro atoms. The van der Waals surface area contributed by atoms with E-state index in [4.69, 9.17) is 9.52 Å². The number of carbonyl (C=O) groups is 1. The van der Waals surface area contributed by atoms with Crippen molar-refractivity contribution in [2.24, 2.45) is 0 Å². The average Bonchev–Trinajstić information content (AvgIpc) is 2.81. The molecule has 17 heavy (non-hydrogen) atoms. The summed E-state index contributed by atoms with van der Waals surface area (Å²) in [6.45, 7) is -0.0294. The lowest BCUT2D eigenvalue weighted by Gasteiger charge is -2.14. The van der Waals surface area contributed by atoms with Gasteiger partial charge in [-0.1, -0.05) is 0 Å². The van der Waals surface area contributed by atoms with E-state index >= 15 is 0 Å². The molecule has 1 unspecified atom stereocenters. The number of carboxylic acids is 1. The summed E-state index contributed by atoms with van der Waals surface area (Å²) in [7, 11) is -2.45. The van der Waals surface area contributed by atoms with Gasteiger partial charge < -0.3 is 9.52 Å². The first-order valence-electron chi connectivity index (χ1n) is 4.91. The number of carboxylic acid groups (broad SMARTS) is 1. The van der Waals surface area contributed by atoms with Crippen molar-refractivity contribution in [1.82, 2.24) is 8.61 Å². The lowest BCUT2D eigenvalue weighted by Crippen LogP contribution is -2.36. The van der Waals surface area contributed by atoms with Gasteiger partial charge >= 0.3 is 5.97 Å². The Morgan fingerprint density at radius 1 is 1.65 bits per heavy atom. The molecule has 0 radical (unpaired) electrons. The van der Waals surface area contributed by atoms with Gasteiger partial charge in [-0.15, -0.1) is 0 Å². The number of rotatable bonds is 3. The fourth-order valence-corrected chi connectivity index (χ4v) is 3.16. The molecule has 2 rings (SSSR count). The third kappa shape index (κ3) is 2.06. The molecule has 1 saturated heterocycles. The van der Waals surface area contributed by atoms with Crippen LogP contribution in [0.25, 0.3) is 0 Å². The highest BCUT2D eigenvalue weighted by atomic mass is 32.2. The highest BCUT2D eigenvalue weighted by Crippen LogP contribution is 2.23. The van der Waals surface area contributed by atoms with E-state index in [1.165, 1.54) is 13.3 Å². The third-order valence-electron chi connectivity index (χ3n) is 2.70. The van der Waals surface area contributed by atoms with Crippen LogP contribution in [0.15, 0.2) is 22.8 Å². The molecule has 0 aromatic carbocycles. The van der Waals surface area contributed by atoms with Crippen molar-refractivity contribution in [2.75, 3.05) is 13.6 Å². The average molecular weight is 260 g/mol. The molecule has 1 fully saturated rings. The Hall–Kier alpha value is -1.38. The van der Waals surface area contributed by atoms with Crippen LogP contribution in [0.1, 0.15) is 5.76 Å². The van der Waals surface area contributed by atoms with Crippen molar-refractivity contribution in [3.8, 4) is 0 Å². The number of furan rings is 1. The highest BCUT2D eigenvalue weighted by Gasteiger charge is 2.45. The van der Waals surface area contributed by atoms with E-state index in [1.54, 1.807) is 12.1 Å². The molecule has 1 aliphatic rings. The molecule has 1 aliphatic heterocycles. The summed E-state index contributed by atoms with van der Waals surface area (Å²) in [5.41, 5.74) is 0. The zero-order chi connectivity index (χ0) is 12.6. The van der Waals surface area contributed by atoms with Gasteiger partial charge in [-0.05, 0) is 12.1 Å². The van der Waals surface area contributed by atoms with Gasteiger partial charge in [0.25, 0.3) is 10.2 Å². The molecule has 8 heteroatoms. The largest absolute Gasteiger partial charge is 0.480 e. The minimum absolute atomic E-state index is 0.0451. The zero-order valence-corrected chi connectivity index (χ0v) is 9.92. The van der Waals surface area contributed by atoms with Gasteiger partial charge in [0.05, 0.1) is 12.8 Å². The Labute approximate surface area is 98.4 Å². The maximum absolute atomic E-state index is 11.9. The van der Waals surface area contributed by atoms with Gasteiger partial charge in [-0.2, -0.15) is 17.0 Å². The van der Waals surface area contributed by atoms with Crippen molar-refractivity contribution in [2.45, 2.75) is 12.6 Å². The van der Waals surface area contributed by atoms with E-state index in [1.807, 2.05) is 0 Å². The van der Waals surface area contributed by atoms with Crippen molar-refractivity contribution in [3.05, 3.63) is 24.2 Å². The Morgan fingerprint density at radius 3 is 2.82 bits per heavy atom. The van der Waals surface area contributed by atoms with Crippen LogP contribution in [0.4, 0.5) is 0 Å². The molecule has 94 valence electrons. The molecule has 1 aromatic heterocycles. The van der Waals surface area contributed by atoms with E-state index in [9.17, 15) is 13.2 Å². The summed E-state index contributed by atoms with van der Waals surface area (Å²) < 4.78 is 30.8. The smallest absolute Gasteiger partial charge is 0.323 e. The molecule has 0 saturated carbocycles. The van der Waals surface area contributed by atoms with Gasteiger partial charge in [-0.25, -0.2) is 0 Å². The monoisotopic (exact) mass is 260 g/mol. The molecule has 1 aromatic rings. The first kappa shape index (κ1) is 12.1. The first-order chi connectivity index (χ1) is 7.93. The van der Waals surface area contributed by atoms with Crippen LogP contribution in [0.3, 0.4) is 0 Å². The van der Waals surface area contributed by atoms with Crippen molar-refractivity contribution in [1.29, 1.82) is 0 Å². The summed E-state index contributed by atoms with van der Waals surface area (Å²) in [5, 5.41) is 8.90. The van der Waals surface area contributed by atoms with E-state index in [-0.39, 0.29) is 13.1 Å². The summed E-state index contributed by atoms with van der Waals surface area (Å²) in [6.07, 6.45) is 1.44. The molecular formula is C9H12N2O5S. The molecule has 0 amide bonds. The second-order valence-corrected chi connectivity index (χ2v) is 5.74. The maximum atomic E-state index is 11.9. The van der Waals surface area contributed by atoms with Crippen molar-refractivity contribution < 1.29 is 22.7 Å². The minimum atomic E-state index is -3.71. The first-order valence-corrected chi connectivity index (χ1v) is 6.31. The van der Waals surface area contributed by atoms with Crippen LogP contribution in [-0.4, -0.2) is 47.7 Å². The van der Waals surface area contributed by atoms with Gasteiger partial charge in [0.1, 0.15) is 11.8 Å². The number of aliphatic carboxylic acids is 1. The van der Waals surface area contributed by atoms with Gasteiger partial charge in [0.2, 0.25) is 0 Å². The summed E-state index contributed by atoms with van der Waals surface area (Å²) in [5.74, 6) is -0.675. The van der Waals surface area contributed by atoms with Crippen molar-refractivity contribution >= 4 is 16.2 Å². The fourth-order valence-electron chi connectivity index (χ4n) is 1.70. The third-order valence-corrected chi connectivity index (χ3v) is 4.62. The minimum Gasteiger partial charge on any atom is -0.480 e. The number of nitrogens with zero attached hydrogens (tertiary/aromatic N) is 2. The predicted octanol–water partition coefficient (Wildman–Crippen LogP) is -0.275. The number of hydrogen-bond donors (Lipinski definition) is 1. The van der Waals surface area contributed by atoms with Crippen LogP contribution < -0.4 is 0 Å². The lowest BCUT2D eigenvalue weighted by atomic mass is 10.3. The SMILES string of the molecule is CN1C(C(=O)O)CN(Cc2ccco2)S1(=O)=O. The Bertz CT molecular complexity index is 509. The number of likely N-dealkylation sites (N-methyl/N-ethyl adjacent to an activating group) is 1. The Morgan fingerprint density at radius 2 is 2.35 bits per heavy atom. The fraction of sp³-hybridized carbons (Fsp3) is 0.444. The molecule has 1 atom stereocenters. The van der Waals surface area contributed by atoms with E-state index in [2.05, 4.69) is 0 Å². The molecule has 1 N–H and O–H groups in total. The molecule has 7 nitrogen and oxygen atoms in total. The van der Waals surface area contributed by atoms with Gasteiger partial charge in [0, 0.05) is 13.6 Å². The van der Waals surface area contributed by atoms with Crippen LogP contribution in [0, 0.1) is 0 Å². The van der Waals surface area contributed by atoms with Gasteiger partial charge in [0.15, 0.2) is 0 Å². The van der Waals surface area contributed by atoms with Gasteiger partial charge in [-0.3, -0.25) is 4.79 Å². The molecule has 0 bridgehead atoms. The number of hydrogen-bond acceptors (Lipinski definition) is 4. The zero-order valence-electron chi connectivity index (χ0n) is 9.11. The maximum Gasteiger partial charge on any atom is 0.323 e. The quantitative estimate of drug-likeness (QED) is 0.807. The van der Waals surface area contributed by atoms with E-state index in [0.717, 1.165) is 8.61 Å². The summed E-state index contributed by atoms with van der Waals surface area (Å²) in [6, 6.07) is 2.25. The normalized spacial score (nSPS) is 25.1. The summed E-state index contributed by atoms with van der Waals surface area (Å²) >= 11 is 0. The Balaban J connectivity index is 2.22. The lowest BCUT2D eigenvalue weighted by molar-refractivity contribution is -0.140. The van der Waals surface area contributed by atoms with Crippen LogP contribution >= 0.6 is 0 Å². The standard InChI is InChI=1S/C9H12N2O5S/c1-10-8(9(12)13)6-11(17(10,14)15)5-7-3-2-4-16-7/h2-4,8H,5-6H2,1H3,(H,12,13). The Kier molecular flexibility index (Phi) is 2.94. The summed E-state index contributed by atoms with van der Waals surface area (Å²) in [4.78, 5) is 10.9. The molecular weight excluding hydrogens is 248 g/mol. The van der Waals surface area contributed by atoms with Crippen LogP contribution in [0.5, 0.6) is 0 Å².